The number of rotatable bonds is 0. The average molecular weight is 171 g/mol. The highest BCUT2D eigenvalue weighted by Crippen LogP contribution is 2.53. The molecule has 12 heavy (non-hydrogen) atoms. The highest BCUT2D eigenvalue weighted by Gasteiger charge is 2.77. The molecule has 0 aromatic heterocycles. The van der Waals surface area contributed by atoms with Crippen LogP contribution in [-0.2, 0) is 19.1 Å². The molecule has 2 aliphatic heterocycles. The molecule has 0 radical (unpaired) electrons. The molecule has 0 bridgehead atoms. The second-order valence-electron chi connectivity index (χ2n) is 3.30. The Morgan fingerprint density at radius 3 is 1.75 bits per heavy atom. The number of fused-ring (bicyclic) bond motifs is 1. The summed E-state index contributed by atoms with van der Waals surface area (Å²) >= 11 is 0. The van der Waals surface area contributed by atoms with Gasteiger partial charge >= 0.3 is 11.9 Å². The van der Waals surface area contributed by atoms with Gasteiger partial charge in [-0.05, 0) is 20.9 Å². The van der Waals surface area contributed by atoms with Crippen molar-refractivity contribution < 1.29 is 19.1 Å². The highest BCUT2D eigenvalue weighted by atomic mass is 16.7. The van der Waals surface area contributed by atoms with Crippen LogP contribution in [0, 0.1) is 0 Å². The van der Waals surface area contributed by atoms with Crippen molar-refractivity contribution in [2.75, 3.05) is 7.05 Å². The minimum Gasteiger partial charge on any atom is -0.429 e. The van der Waals surface area contributed by atoms with E-state index in [1.165, 1.54) is 0 Å². The molecule has 2 unspecified atom stereocenters. The van der Waals surface area contributed by atoms with E-state index < -0.39 is 23.4 Å². The van der Waals surface area contributed by atoms with Crippen LogP contribution in [0.2, 0.25) is 0 Å². The van der Waals surface area contributed by atoms with Gasteiger partial charge in [0.2, 0.25) is 11.4 Å². The number of nitrogens with zero attached hydrogens (tertiary/aromatic N) is 1. The van der Waals surface area contributed by atoms with E-state index >= 15 is 0 Å². The van der Waals surface area contributed by atoms with Crippen LogP contribution in [0.25, 0.3) is 0 Å². The van der Waals surface area contributed by atoms with E-state index in [9.17, 15) is 9.59 Å². The summed E-state index contributed by atoms with van der Waals surface area (Å²) in [5.41, 5.74) is -1.53. The Kier molecular flexibility index (Phi) is 1.03. The third kappa shape index (κ3) is 0.546. The molecule has 2 aliphatic rings. The zero-order valence-corrected chi connectivity index (χ0v) is 7.08. The summed E-state index contributed by atoms with van der Waals surface area (Å²) in [5, 5.41) is 0. The molecule has 0 saturated carbocycles. The van der Waals surface area contributed by atoms with Crippen molar-refractivity contribution in [3.63, 3.8) is 0 Å². The molecule has 0 aromatic carbocycles. The SMILES string of the molecule is CN1C2(C)OC(=O)C(=O)OC12C. The molecule has 0 amide bonds. The van der Waals surface area contributed by atoms with Crippen LogP contribution in [0.1, 0.15) is 13.8 Å². The highest BCUT2D eigenvalue weighted by molar-refractivity contribution is 6.30. The first-order valence-electron chi connectivity index (χ1n) is 3.62. The minimum absolute atomic E-state index is 0.766. The minimum atomic E-state index is -0.917. The van der Waals surface area contributed by atoms with Crippen molar-refractivity contribution in [3.05, 3.63) is 0 Å². The number of carbonyl (C=O) groups is 2. The maximum Gasteiger partial charge on any atom is 0.419 e. The number of likely N-dealkylation sites (N-methyl/N-ethyl adjacent to an activating group) is 1. The molecule has 0 N–H and O–H groups in total. The summed E-state index contributed by atoms with van der Waals surface area (Å²) in [6, 6.07) is 0. The van der Waals surface area contributed by atoms with Crippen molar-refractivity contribution in [1.29, 1.82) is 0 Å². The number of hydrogen-bond donors (Lipinski definition) is 0. The Morgan fingerprint density at radius 2 is 1.42 bits per heavy atom. The standard InChI is InChI=1S/C7H9NO4/c1-6-7(2,8(6)3)12-5(10)4(9)11-6/h1-3H3. The molecule has 0 spiro atoms. The van der Waals surface area contributed by atoms with Gasteiger partial charge in [0.05, 0.1) is 0 Å². The van der Waals surface area contributed by atoms with Crippen LogP contribution in [0.3, 0.4) is 0 Å². The van der Waals surface area contributed by atoms with Gasteiger partial charge in [-0.1, -0.05) is 0 Å². The number of esters is 2. The van der Waals surface area contributed by atoms with Crippen molar-refractivity contribution in [2.24, 2.45) is 0 Å². The quantitative estimate of drug-likeness (QED) is 0.278. The average Bonchev–Trinajstić information content (AvgIpc) is 2.36. The summed E-state index contributed by atoms with van der Waals surface area (Å²) in [6.45, 7) is 3.41. The van der Waals surface area contributed by atoms with Gasteiger partial charge in [-0.3, -0.25) is 0 Å². The maximum absolute atomic E-state index is 10.8. The molecule has 2 atom stereocenters. The third-order valence-corrected chi connectivity index (χ3v) is 2.84. The van der Waals surface area contributed by atoms with Gasteiger partial charge in [0, 0.05) is 0 Å². The van der Waals surface area contributed by atoms with Gasteiger partial charge in [0.15, 0.2) is 0 Å². The summed E-state index contributed by atoms with van der Waals surface area (Å²) in [7, 11) is 1.73. The molecule has 2 rings (SSSR count). The van der Waals surface area contributed by atoms with Crippen molar-refractivity contribution in [2.45, 2.75) is 25.3 Å². The molecular weight excluding hydrogens is 162 g/mol. The van der Waals surface area contributed by atoms with Crippen molar-refractivity contribution in [3.8, 4) is 0 Å². The Balaban J connectivity index is 2.33. The summed E-state index contributed by atoms with van der Waals surface area (Å²) in [5.74, 6) is -1.83. The lowest BCUT2D eigenvalue weighted by atomic mass is 10.2. The van der Waals surface area contributed by atoms with E-state index in [0.29, 0.717) is 0 Å². The van der Waals surface area contributed by atoms with Gasteiger partial charge in [0.25, 0.3) is 0 Å². The van der Waals surface area contributed by atoms with Gasteiger partial charge in [-0.15, -0.1) is 0 Å². The Bertz CT molecular complexity index is 261. The summed E-state index contributed by atoms with van der Waals surface area (Å²) < 4.78 is 9.78. The lowest BCUT2D eigenvalue weighted by Gasteiger charge is -2.20. The number of carbonyl (C=O) groups excluding carboxylic acids is 2. The van der Waals surface area contributed by atoms with E-state index in [0.717, 1.165) is 0 Å². The fraction of sp³-hybridized carbons (Fsp3) is 0.714. The largest absolute Gasteiger partial charge is 0.429 e. The third-order valence-electron chi connectivity index (χ3n) is 2.84. The van der Waals surface area contributed by atoms with Gasteiger partial charge in [-0.25, -0.2) is 14.5 Å². The predicted molar refractivity (Wildman–Crippen MR) is 36.8 cm³/mol. The normalized spacial score (nSPS) is 50.8. The van der Waals surface area contributed by atoms with Gasteiger partial charge in [-0.2, -0.15) is 0 Å². The molecule has 2 fully saturated rings. The van der Waals surface area contributed by atoms with E-state index in [2.05, 4.69) is 0 Å². The molecule has 0 aliphatic carbocycles. The maximum atomic E-state index is 10.8. The second kappa shape index (κ2) is 1.64. The molecular formula is C7H9NO4. The van der Waals surface area contributed by atoms with Gasteiger partial charge in [0.1, 0.15) is 0 Å². The van der Waals surface area contributed by atoms with E-state index in [1.54, 1.807) is 25.8 Å². The summed E-state index contributed by atoms with van der Waals surface area (Å²) in [6.07, 6.45) is 0. The summed E-state index contributed by atoms with van der Waals surface area (Å²) in [4.78, 5) is 23.3. The van der Waals surface area contributed by atoms with Crippen LogP contribution in [0.15, 0.2) is 0 Å². The predicted octanol–water partition coefficient (Wildman–Crippen LogP) is -0.536. The van der Waals surface area contributed by atoms with E-state index in [4.69, 9.17) is 9.47 Å². The smallest absolute Gasteiger partial charge is 0.419 e. The molecule has 0 aromatic rings. The molecule has 5 nitrogen and oxygen atoms in total. The Morgan fingerprint density at radius 1 is 1.08 bits per heavy atom. The molecule has 2 saturated heterocycles. The first-order valence-corrected chi connectivity index (χ1v) is 3.62. The Labute approximate surface area is 69.2 Å². The molecule has 5 heteroatoms. The van der Waals surface area contributed by atoms with E-state index in [1.807, 2.05) is 0 Å². The van der Waals surface area contributed by atoms with Crippen LogP contribution in [-0.4, -0.2) is 35.3 Å². The first kappa shape index (κ1) is 7.54. The Hall–Kier alpha value is -1.10. The zero-order chi connectivity index (χ0) is 9.15. The zero-order valence-electron chi connectivity index (χ0n) is 7.08. The molecule has 2 heterocycles. The first-order chi connectivity index (χ1) is 5.42. The van der Waals surface area contributed by atoms with Crippen molar-refractivity contribution in [1.82, 2.24) is 4.90 Å². The lowest BCUT2D eigenvalue weighted by molar-refractivity contribution is -0.191. The van der Waals surface area contributed by atoms with Crippen LogP contribution < -0.4 is 0 Å². The van der Waals surface area contributed by atoms with Crippen molar-refractivity contribution >= 4 is 11.9 Å². The molecule has 66 valence electrons. The second-order valence-corrected chi connectivity index (χ2v) is 3.30. The van der Waals surface area contributed by atoms with Crippen LogP contribution in [0.4, 0.5) is 0 Å². The number of hydrogen-bond acceptors (Lipinski definition) is 5. The van der Waals surface area contributed by atoms with Crippen LogP contribution >= 0.6 is 0 Å². The van der Waals surface area contributed by atoms with Crippen LogP contribution in [0.5, 0.6) is 0 Å². The fourth-order valence-corrected chi connectivity index (χ4v) is 1.51. The number of ether oxygens (including phenoxy) is 2. The fourth-order valence-electron chi connectivity index (χ4n) is 1.51. The monoisotopic (exact) mass is 171 g/mol. The van der Waals surface area contributed by atoms with E-state index in [-0.39, 0.29) is 0 Å². The lowest BCUT2D eigenvalue weighted by Crippen LogP contribution is -2.41. The van der Waals surface area contributed by atoms with Gasteiger partial charge < -0.3 is 9.47 Å². The topological polar surface area (TPSA) is 55.6 Å².